The predicted octanol–water partition coefficient (Wildman–Crippen LogP) is 1.79. The summed E-state index contributed by atoms with van der Waals surface area (Å²) in [5.41, 5.74) is 3.79. The Kier molecular flexibility index (Phi) is 3.49. The van der Waals surface area contributed by atoms with E-state index in [1.165, 1.54) is 0 Å². The maximum atomic E-state index is 8.87. The second-order valence-corrected chi connectivity index (χ2v) is 4.36. The Bertz CT molecular complexity index is 569. The van der Waals surface area contributed by atoms with Gasteiger partial charge in [-0.1, -0.05) is 5.16 Å². The summed E-state index contributed by atoms with van der Waals surface area (Å²) in [5.74, 6) is 0.853. The molecule has 0 spiro atoms. The first kappa shape index (κ1) is 12.4. The van der Waals surface area contributed by atoms with Crippen molar-refractivity contribution in [1.82, 2.24) is 15.0 Å². The predicted molar refractivity (Wildman–Crippen MR) is 66.6 cm³/mol. The summed E-state index contributed by atoms with van der Waals surface area (Å²) >= 11 is 0. The van der Waals surface area contributed by atoms with Gasteiger partial charge in [0.2, 0.25) is 0 Å². The van der Waals surface area contributed by atoms with E-state index < -0.39 is 0 Å². The van der Waals surface area contributed by atoms with Gasteiger partial charge in [0.1, 0.15) is 17.5 Å². The third-order valence-electron chi connectivity index (χ3n) is 2.99. The summed E-state index contributed by atoms with van der Waals surface area (Å²) in [6.45, 7) is 5.29. The molecule has 5 nitrogen and oxygen atoms in total. The summed E-state index contributed by atoms with van der Waals surface area (Å²) in [6.07, 6.45) is 1.96. The van der Waals surface area contributed by atoms with Crippen molar-refractivity contribution in [1.29, 1.82) is 5.26 Å². The van der Waals surface area contributed by atoms with Crippen molar-refractivity contribution in [2.75, 3.05) is 0 Å². The first-order valence-corrected chi connectivity index (χ1v) is 5.79. The van der Waals surface area contributed by atoms with E-state index in [2.05, 4.69) is 16.5 Å². The molecule has 0 atom stereocenters. The number of rotatable bonds is 4. The van der Waals surface area contributed by atoms with Crippen LogP contribution in [-0.2, 0) is 20.1 Å². The molecule has 0 aliphatic carbocycles. The fourth-order valence-electron chi connectivity index (χ4n) is 1.93. The molecule has 5 heteroatoms. The van der Waals surface area contributed by atoms with Crippen LogP contribution in [0.1, 0.15) is 28.3 Å². The lowest BCUT2D eigenvalue weighted by molar-refractivity contribution is 0.392. The quantitative estimate of drug-likeness (QED) is 0.890. The van der Waals surface area contributed by atoms with E-state index in [9.17, 15) is 0 Å². The Morgan fingerprint density at radius 2 is 2.22 bits per heavy atom. The van der Waals surface area contributed by atoms with Crippen LogP contribution in [0, 0.1) is 25.2 Å². The monoisotopic (exact) mass is 244 g/mol. The summed E-state index contributed by atoms with van der Waals surface area (Å²) < 4.78 is 6.93. The minimum absolute atomic E-state index is 0.670. The van der Waals surface area contributed by atoms with E-state index in [0.29, 0.717) is 5.69 Å². The number of nitrogens with one attached hydrogen (secondary N) is 1. The molecule has 0 aliphatic rings. The Morgan fingerprint density at radius 3 is 2.78 bits per heavy atom. The third-order valence-corrected chi connectivity index (χ3v) is 2.99. The largest absolute Gasteiger partial charge is 0.361 e. The van der Waals surface area contributed by atoms with Crippen LogP contribution in [0.2, 0.25) is 0 Å². The zero-order chi connectivity index (χ0) is 13.1. The van der Waals surface area contributed by atoms with Crippen LogP contribution in [0.3, 0.4) is 0 Å². The van der Waals surface area contributed by atoms with Crippen LogP contribution in [0.25, 0.3) is 0 Å². The topological polar surface area (TPSA) is 66.8 Å². The van der Waals surface area contributed by atoms with Crippen LogP contribution in [0.4, 0.5) is 0 Å². The maximum Gasteiger partial charge on any atom is 0.138 e. The molecule has 1 N–H and O–H groups in total. The highest BCUT2D eigenvalue weighted by Gasteiger charge is 2.08. The number of hydrogen-bond acceptors (Lipinski definition) is 4. The van der Waals surface area contributed by atoms with Gasteiger partial charge >= 0.3 is 0 Å². The van der Waals surface area contributed by atoms with Crippen molar-refractivity contribution in [2.24, 2.45) is 7.05 Å². The molecule has 0 amide bonds. The minimum Gasteiger partial charge on any atom is -0.361 e. The molecule has 0 saturated heterocycles. The number of nitrogens with zero attached hydrogens (tertiary/aromatic N) is 3. The van der Waals surface area contributed by atoms with E-state index in [4.69, 9.17) is 9.78 Å². The van der Waals surface area contributed by atoms with Gasteiger partial charge in [0, 0.05) is 31.9 Å². The Balaban J connectivity index is 1.95. The molecule has 0 aromatic carbocycles. The molecular weight excluding hydrogens is 228 g/mol. The smallest absolute Gasteiger partial charge is 0.138 e. The fraction of sp³-hybridized carbons (Fsp3) is 0.385. The number of aryl methyl sites for hydroxylation is 3. The molecule has 0 aliphatic heterocycles. The van der Waals surface area contributed by atoms with E-state index in [0.717, 1.165) is 35.7 Å². The molecular formula is C13H16N4O. The van der Waals surface area contributed by atoms with Gasteiger partial charge in [-0.05, 0) is 25.5 Å². The first-order chi connectivity index (χ1) is 8.61. The van der Waals surface area contributed by atoms with Gasteiger partial charge in [-0.15, -0.1) is 0 Å². The molecule has 2 aromatic rings. The van der Waals surface area contributed by atoms with Crippen LogP contribution in [-0.4, -0.2) is 9.72 Å². The molecule has 2 aromatic heterocycles. The van der Waals surface area contributed by atoms with Crippen LogP contribution in [0.15, 0.2) is 16.8 Å². The highest BCUT2D eigenvalue weighted by molar-refractivity contribution is 5.28. The molecule has 94 valence electrons. The highest BCUT2D eigenvalue weighted by Crippen LogP contribution is 2.12. The van der Waals surface area contributed by atoms with Gasteiger partial charge in [-0.3, -0.25) is 0 Å². The number of aromatic nitrogens is 2. The van der Waals surface area contributed by atoms with Crippen molar-refractivity contribution in [3.63, 3.8) is 0 Å². The molecule has 0 unspecified atom stereocenters. The van der Waals surface area contributed by atoms with Crippen LogP contribution < -0.4 is 5.32 Å². The molecule has 0 radical (unpaired) electrons. The SMILES string of the molecule is Cc1noc(C)c1CNCc1cc(C#N)n(C)c1. The first-order valence-electron chi connectivity index (χ1n) is 5.79. The summed E-state index contributed by atoms with van der Waals surface area (Å²) in [6, 6.07) is 4.04. The summed E-state index contributed by atoms with van der Waals surface area (Å²) in [4.78, 5) is 0. The van der Waals surface area contributed by atoms with Crippen molar-refractivity contribution < 1.29 is 4.52 Å². The highest BCUT2D eigenvalue weighted by atomic mass is 16.5. The second kappa shape index (κ2) is 5.07. The van der Waals surface area contributed by atoms with Gasteiger partial charge in [0.15, 0.2) is 0 Å². The average Bonchev–Trinajstić information content (AvgIpc) is 2.85. The van der Waals surface area contributed by atoms with Crippen LogP contribution in [0.5, 0.6) is 0 Å². The lowest BCUT2D eigenvalue weighted by atomic mass is 10.2. The number of nitriles is 1. The molecule has 18 heavy (non-hydrogen) atoms. The Hall–Kier alpha value is -2.06. The van der Waals surface area contributed by atoms with Gasteiger partial charge < -0.3 is 14.4 Å². The summed E-state index contributed by atoms with van der Waals surface area (Å²) in [7, 11) is 1.87. The Labute approximate surface area is 106 Å². The zero-order valence-electron chi connectivity index (χ0n) is 10.8. The molecule has 0 fully saturated rings. The maximum absolute atomic E-state index is 8.87. The van der Waals surface area contributed by atoms with E-state index in [1.54, 1.807) is 0 Å². The van der Waals surface area contributed by atoms with Gasteiger partial charge in [-0.25, -0.2) is 0 Å². The lowest BCUT2D eigenvalue weighted by Gasteiger charge is -2.02. The van der Waals surface area contributed by atoms with Gasteiger partial charge in [0.25, 0.3) is 0 Å². The fourth-order valence-corrected chi connectivity index (χ4v) is 1.93. The standard InChI is InChI=1S/C13H16N4O/c1-9-13(10(2)18-16-9)7-15-6-11-4-12(5-14)17(3)8-11/h4,8,15H,6-7H2,1-3H3. The van der Waals surface area contributed by atoms with Gasteiger partial charge in [0.05, 0.1) is 5.69 Å². The van der Waals surface area contributed by atoms with Gasteiger partial charge in [-0.2, -0.15) is 5.26 Å². The number of hydrogen-bond donors (Lipinski definition) is 1. The van der Waals surface area contributed by atoms with E-state index in [1.807, 2.05) is 37.7 Å². The van der Waals surface area contributed by atoms with Crippen molar-refractivity contribution in [3.05, 3.63) is 40.5 Å². The van der Waals surface area contributed by atoms with Crippen molar-refractivity contribution in [2.45, 2.75) is 26.9 Å². The van der Waals surface area contributed by atoms with E-state index in [-0.39, 0.29) is 0 Å². The van der Waals surface area contributed by atoms with Crippen LogP contribution >= 0.6 is 0 Å². The minimum atomic E-state index is 0.670. The normalized spacial score (nSPS) is 10.6. The molecule has 2 heterocycles. The van der Waals surface area contributed by atoms with E-state index >= 15 is 0 Å². The lowest BCUT2D eigenvalue weighted by Crippen LogP contribution is -2.13. The van der Waals surface area contributed by atoms with Crippen molar-refractivity contribution >= 4 is 0 Å². The second-order valence-electron chi connectivity index (χ2n) is 4.36. The summed E-state index contributed by atoms with van der Waals surface area (Å²) in [5, 5.41) is 16.1. The molecule has 0 bridgehead atoms. The molecule has 2 rings (SSSR count). The van der Waals surface area contributed by atoms with Crippen molar-refractivity contribution in [3.8, 4) is 6.07 Å². The molecule has 0 saturated carbocycles. The average molecular weight is 244 g/mol. The Morgan fingerprint density at radius 1 is 1.44 bits per heavy atom. The third kappa shape index (κ3) is 2.44. The zero-order valence-corrected chi connectivity index (χ0v) is 10.8.